The molecule has 3 fully saturated rings. The Morgan fingerprint density at radius 2 is 1.64 bits per heavy atom. The molecule has 1 aliphatic carbocycles. The molecule has 10 rings (SSSR count). The lowest BCUT2D eigenvalue weighted by molar-refractivity contribution is -0.228. The van der Waals surface area contributed by atoms with E-state index in [1.165, 1.54) is 21.1 Å². The van der Waals surface area contributed by atoms with E-state index in [-0.39, 0.29) is 23.5 Å². The van der Waals surface area contributed by atoms with E-state index in [2.05, 4.69) is 51.3 Å². The van der Waals surface area contributed by atoms with E-state index in [1.807, 2.05) is 76.0 Å². The zero-order chi connectivity index (χ0) is 51.3. The van der Waals surface area contributed by atoms with Crippen molar-refractivity contribution in [2.75, 3.05) is 66.0 Å². The molecule has 1 amide bonds. The molecular weight excluding hydrogens is 915 g/mol. The minimum absolute atomic E-state index is 0.147. The highest BCUT2D eigenvalue weighted by Gasteiger charge is 2.80. The zero-order valence-electron chi connectivity index (χ0n) is 43.5. The number of ether oxygens (including phenoxy) is 5. The molecule has 15 nitrogen and oxygen atoms in total. The molecule has 2 saturated heterocycles. The summed E-state index contributed by atoms with van der Waals surface area (Å²) in [5.74, 6) is -1.17. The predicted molar refractivity (Wildman–Crippen MR) is 272 cm³/mol. The minimum Gasteiger partial charge on any atom is -0.496 e. The van der Waals surface area contributed by atoms with Crippen LogP contribution in [0, 0.1) is 11.3 Å². The second-order valence-corrected chi connectivity index (χ2v) is 22.5. The number of aromatic nitrogens is 1. The number of H-pyrrole nitrogens is 1. The van der Waals surface area contributed by atoms with Gasteiger partial charge in [0.15, 0.2) is 6.10 Å². The molecule has 6 heterocycles. The van der Waals surface area contributed by atoms with Crippen molar-refractivity contribution < 1.29 is 48.0 Å². The number of para-hydroxylation sites is 1. The molecule has 5 aliphatic heterocycles. The van der Waals surface area contributed by atoms with Gasteiger partial charge in [-0.15, -0.1) is 0 Å². The van der Waals surface area contributed by atoms with Crippen LogP contribution in [0.25, 0.3) is 10.9 Å². The van der Waals surface area contributed by atoms with Crippen molar-refractivity contribution in [3.8, 4) is 11.5 Å². The third-order valence-electron chi connectivity index (χ3n) is 17.6. The molecule has 15 heteroatoms. The molecule has 2 bridgehead atoms. The smallest absolute Gasteiger partial charge is 0.344 e. The molecule has 384 valence electrons. The van der Waals surface area contributed by atoms with Gasteiger partial charge in [0.05, 0.1) is 32.9 Å². The van der Waals surface area contributed by atoms with Gasteiger partial charge in [0.1, 0.15) is 22.5 Å². The molecule has 3 N–H and O–H groups in total. The lowest BCUT2D eigenvalue weighted by atomic mass is 9.47. The number of fused-ring (bicyclic) bond motifs is 6. The van der Waals surface area contributed by atoms with Crippen molar-refractivity contribution in [3.63, 3.8) is 0 Å². The van der Waals surface area contributed by atoms with Crippen LogP contribution in [0.3, 0.4) is 0 Å². The number of methoxy groups -OCH3 is 3. The monoisotopic (exact) mass is 986 g/mol. The summed E-state index contributed by atoms with van der Waals surface area (Å²) in [5.41, 5.74) is -1.51. The number of aliphatic hydroxyl groups is 1. The summed E-state index contributed by atoms with van der Waals surface area (Å²) in [6.45, 7) is 14.6. The van der Waals surface area contributed by atoms with Crippen LogP contribution in [-0.4, -0.2) is 140 Å². The van der Waals surface area contributed by atoms with Gasteiger partial charge in [0.25, 0.3) is 5.91 Å². The van der Waals surface area contributed by atoms with Gasteiger partial charge in [-0.3, -0.25) is 19.3 Å². The van der Waals surface area contributed by atoms with Gasteiger partial charge in [0.2, 0.25) is 5.60 Å². The Kier molecular flexibility index (Phi) is 12.2. The second-order valence-electron chi connectivity index (χ2n) is 22.5. The van der Waals surface area contributed by atoms with E-state index >= 15 is 4.79 Å². The Morgan fingerprint density at radius 1 is 0.903 bits per heavy atom. The highest BCUT2D eigenvalue weighted by atomic mass is 16.6. The van der Waals surface area contributed by atoms with Gasteiger partial charge in [0, 0.05) is 96.5 Å². The summed E-state index contributed by atoms with van der Waals surface area (Å²) in [6.07, 6.45) is 5.93. The fourth-order valence-electron chi connectivity index (χ4n) is 15.1. The summed E-state index contributed by atoms with van der Waals surface area (Å²) >= 11 is 0. The summed E-state index contributed by atoms with van der Waals surface area (Å²) in [7, 11) is 6.16. The number of carbonyl (C=O) groups is 4. The van der Waals surface area contributed by atoms with Crippen molar-refractivity contribution in [2.24, 2.45) is 11.3 Å². The third kappa shape index (κ3) is 7.21. The first kappa shape index (κ1) is 49.7. The molecule has 1 saturated carbocycles. The zero-order valence-corrected chi connectivity index (χ0v) is 43.5. The van der Waals surface area contributed by atoms with Crippen LogP contribution < -0.4 is 19.7 Å². The predicted octanol–water partition coefficient (Wildman–Crippen LogP) is 6.61. The maximum absolute atomic E-state index is 15.8. The molecule has 72 heavy (non-hydrogen) atoms. The van der Waals surface area contributed by atoms with Crippen LogP contribution in [-0.2, 0) is 45.8 Å². The number of benzene rings is 3. The van der Waals surface area contributed by atoms with Gasteiger partial charge in [-0.1, -0.05) is 44.2 Å². The van der Waals surface area contributed by atoms with Gasteiger partial charge < -0.3 is 48.9 Å². The van der Waals surface area contributed by atoms with Gasteiger partial charge in [-0.2, -0.15) is 0 Å². The highest BCUT2D eigenvalue weighted by molar-refractivity contribution is 5.96. The molecule has 3 aromatic carbocycles. The Balaban J connectivity index is 1.17. The number of amides is 1. The SMILES string of the molecule is CC[C@]1(NC(=O)c2ccc(OC(C)(C)C)cc2)C[C@H]2CN(CCc3c([nH]c4ccccc34)[C@@](C(=O)OC)(c3cc4c(cc3OC)N(C)[C@H]3[C@@](O)(C(=O)OC)[C@H](OC(C)=O)[C@]5(CC)C=CCN6CC[C@]43[C@@H]65)C2)C1. The molecule has 1 spiro atoms. The first-order valence-corrected chi connectivity index (χ1v) is 25.7. The normalized spacial score (nSPS) is 32.5. The average molecular weight is 986 g/mol. The number of aromatic amines is 1. The first-order valence-electron chi connectivity index (χ1n) is 25.7. The summed E-state index contributed by atoms with van der Waals surface area (Å²) in [5, 5.41) is 18.0. The number of piperidine rings is 1. The first-order chi connectivity index (χ1) is 34.3. The number of carbonyl (C=O) groups excluding carboxylic acids is 4. The molecule has 10 atom stereocenters. The summed E-state index contributed by atoms with van der Waals surface area (Å²) in [4.78, 5) is 68.5. The van der Waals surface area contributed by atoms with E-state index in [0.29, 0.717) is 93.9 Å². The van der Waals surface area contributed by atoms with Crippen LogP contribution in [0.1, 0.15) is 106 Å². The number of hydrogen-bond acceptors (Lipinski definition) is 13. The number of esters is 3. The number of rotatable bonds is 10. The summed E-state index contributed by atoms with van der Waals surface area (Å²) in [6, 6.07) is 18.2. The fourth-order valence-corrected chi connectivity index (χ4v) is 15.1. The Labute approximate surface area is 422 Å². The summed E-state index contributed by atoms with van der Waals surface area (Å²) < 4.78 is 30.4. The third-order valence-corrected chi connectivity index (χ3v) is 17.6. The number of hydrogen-bond donors (Lipinski definition) is 3. The van der Waals surface area contributed by atoms with Crippen LogP contribution in [0.4, 0.5) is 5.69 Å². The largest absolute Gasteiger partial charge is 0.496 e. The maximum Gasteiger partial charge on any atom is 0.344 e. The topological polar surface area (TPSA) is 172 Å². The fraction of sp³-hybridized carbons (Fsp3) is 0.544. The average Bonchev–Trinajstić information content (AvgIpc) is 4.02. The van der Waals surface area contributed by atoms with E-state index in [4.69, 9.17) is 23.7 Å². The van der Waals surface area contributed by atoms with Gasteiger partial charge in [-0.25, -0.2) is 4.79 Å². The van der Waals surface area contributed by atoms with Crippen molar-refractivity contribution in [1.29, 1.82) is 0 Å². The van der Waals surface area contributed by atoms with Crippen molar-refractivity contribution in [1.82, 2.24) is 20.1 Å². The molecular formula is C57H71N5O10. The number of likely N-dealkylation sites (N-methyl/N-ethyl adjacent to an activating group) is 1. The van der Waals surface area contributed by atoms with E-state index in [0.717, 1.165) is 33.4 Å². The quantitative estimate of drug-likeness (QED) is 0.0883. The number of nitrogens with zero attached hydrogens (tertiary/aromatic N) is 3. The van der Waals surface area contributed by atoms with E-state index in [9.17, 15) is 19.5 Å². The minimum atomic E-state index is -2.34. The van der Waals surface area contributed by atoms with Crippen LogP contribution in [0.2, 0.25) is 0 Å². The van der Waals surface area contributed by atoms with Crippen molar-refractivity contribution >= 4 is 40.4 Å². The highest BCUT2D eigenvalue weighted by Crippen LogP contribution is 2.68. The lowest BCUT2D eigenvalue weighted by Gasteiger charge is -2.63. The van der Waals surface area contributed by atoms with Crippen LogP contribution in [0.15, 0.2) is 72.8 Å². The number of anilines is 1. The Morgan fingerprint density at radius 3 is 2.31 bits per heavy atom. The number of nitrogens with one attached hydrogen (secondary N) is 2. The van der Waals surface area contributed by atoms with Crippen molar-refractivity contribution in [2.45, 2.75) is 126 Å². The van der Waals surface area contributed by atoms with Crippen LogP contribution >= 0.6 is 0 Å². The molecule has 4 aromatic rings. The molecule has 1 aromatic heterocycles. The maximum atomic E-state index is 15.8. The second kappa shape index (κ2) is 17.7. The molecule has 0 radical (unpaired) electrons. The van der Waals surface area contributed by atoms with Crippen molar-refractivity contribution in [3.05, 3.63) is 101 Å². The standard InChI is InChI=1S/C57H71N5O10/c1-11-53(59-46(64)36-18-20-37(21-19-36)72-52(4,5)6)30-35-31-56(50(65)69-9,45-39(22-26-61(32-35)33-53)38-16-13-14-17-42(38)58-45)41-28-40-43(29-44(41)68-8)60(7)48-55(40)24-27-62-25-15-23-54(12-2,47(55)62)49(71-34(3)63)57(48,67)51(66)70-10/h13-21,23,28-29,35,47-49,58,67H,11-12,22,24-27,30-33H2,1-10H3,(H,59,64)/t35-,47+,48-,49-,53+,54-,55-,56+,57+/m1/s1. The van der Waals surface area contributed by atoms with Gasteiger partial charge >= 0.3 is 17.9 Å². The van der Waals surface area contributed by atoms with E-state index < -0.39 is 57.4 Å². The lowest BCUT2D eigenvalue weighted by Crippen LogP contribution is -2.81. The molecule has 1 unspecified atom stereocenters. The Bertz CT molecular complexity index is 2860. The van der Waals surface area contributed by atoms with Crippen LogP contribution in [0.5, 0.6) is 11.5 Å². The molecule has 6 aliphatic rings. The van der Waals surface area contributed by atoms with Gasteiger partial charge in [-0.05, 0) is 119 Å². The van der Waals surface area contributed by atoms with E-state index in [1.54, 1.807) is 19.2 Å². The Hall–Kier alpha value is -5.90.